The molecular formula is C25H50O3. The average Bonchev–Trinajstić information content (AvgIpc) is 2.70. The predicted molar refractivity (Wildman–Crippen MR) is 121 cm³/mol. The molecule has 0 aromatic carbocycles. The summed E-state index contributed by atoms with van der Waals surface area (Å²) in [6.07, 6.45) is 21.0. The maximum absolute atomic E-state index is 11.9. The lowest BCUT2D eigenvalue weighted by atomic mass is 10.0. The fourth-order valence-corrected chi connectivity index (χ4v) is 3.29. The summed E-state index contributed by atoms with van der Waals surface area (Å²) in [5.41, 5.74) is 0. The van der Waals surface area contributed by atoms with Gasteiger partial charge in [-0.3, -0.25) is 4.79 Å². The van der Waals surface area contributed by atoms with Crippen molar-refractivity contribution in [1.82, 2.24) is 0 Å². The van der Waals surface area contributed by atoms with E-state index >= 15 is 0 Å². The molecule has 0 spiro atoms. The van der Waals surface area contributed by atoms with Gasteiger partial charge in [0.2, 0.25) is 0 Å². The third-order valence-corrected chi connectivity index (χ3v) is 5.27. The summed E-state index contributed by atoms with van der Waals surface area (Å²) < 4.78 is 11.1. The van der Waals surface area contributed by atoms with Crippen LogP contribution in [-0.4, -0.2) is 32.2 Å². The van der Waals surface area contributed by atoms with Crippen molar-refractivity contribution in [3.8, 4) is 0 Å². The lowest BCUT2D eigenvalue weighted by molar-refractivity contribution is -0.119. The topological polar surface area (TPSA) is 35.5 Å². The first-order valence-electron chi connectivity index (χ1n) is 12.5. The van der Waals surface area contributed by atoms with Gasteiger partial charge in [-0.1, -0.05) is 78.1 Å². The monoisotopic (exact) mass is 398 g/mol. The predicted octanol–water partition coefficient (Wildman–Crippen LogP) is 7.65. The van der Waals surface area contributed by atoms with Crippen LogP contribution in [0.25, 0.3) is 0 Å². The van der Waals surface area contributed by atoms with Gasteiger partial charge < -0.3 is 9.47 Å². The molecule has 0 heterocycles. The summed E-state index contributed by atoms with van der Waals surface area (Å²) in [5, 5.41) is 0. The third-order valence-electron chi connectivity index (χ3n) is 5.27. The lowest BCUT2D eigenvalue weighted by Crippen LogP contribution is -1.98. The maximum Gasteiger partial charge on any atom is 0.132 e. The molecule has 0 bridgehead atoms. The van der Waals surface area contributed by atoms with E-state index < -0.39 is 0 Å². The Morgan fingerprint density at radius 1 is 0.464 bits per heavy atom. The number of carbonyl (C=O) groups excluding carboxylic acids is 1. The summed E-state index contributed by atoms with van der Waals surface area (Å²) in [4.78, 5) is 11.9. The van der Waals surface area contributed by atoms with Gasteiger partial charge in [0.15, 0.2) is 0 Å². The number of Topliss-reactive ketones (excluding diaryl/α,β-unsaturated/α-hetero) is 1. The van der Waals surface area contributed by atoms with Crippen LogP contribution in [0.5, 0.6) is 0 Å². The highest BCUT2D eigenvalue weighted by Crippen LogP contribution is 2.12. The van der Waals surface area contributed by atoms with Crippen molar-refractivity contribution in [2.45, 2.75) is 129 Å². The highest BCUT2D eigenvalue weighted by Gasteiger charge is 2.02. The minimum Gasteiger partial charge on any atom is -0.381 e. The molecule has 0 saturated heterocycles. The molecule has 0 aromatic rings. The Morgan fingerprint density at radius 2 is 0.786 bits per heavy atom. The zero-order valence-corrected chi connectivity index (χ0v) is 19.3. The van der Waals surface area contributed by atoms with Crippen molar-refractivity contribution in [2.24, 2.45) is 0 Å². The molecule has 168 valence electrons. The van der Waals surface area contributed by atoms with E-state index in [4.69, 9.17) is 9.47 Å². The number of rotatable bonds is 24. The largest absolute Gasteiger partial charge is 0.381 e. The van der Waals surface area contributed by atoms with Crippen LogP contribution in [0.15, 0.2) is 0 Å². The molecule has 0 atom stereocenters. The molecule has 3 nitrogen and oxygen atoms in total. The van der Waals surface area contributed by atoms with Crippen molar-refractivity contribution in [1.29, 1.82) is 0 Å². The second-order valence-corrected chi connectivity index (χ2v) is 8.21. The van der Waals surface area contributed by atoms with E-state index in [0.717, 1.165) is 52.1 Å². The van der Waals surface area contributed by atoms with E-state index in [9.17, 15) is 4.79 Å². The molecular weight excluding hydrogens is 348 g/mol. The Bertz CT molecular complexity index is 276. The van der Waals surface area contributed by atoms with Gasteiger partial charge in [0, 0.05) is 39.3 Å². The van der Waals surface area contributed by atoms with Crippen molar-refractivity contribution in [3.63, 3.8) is 0 Å². The van der Waals surface area contributed by atoms with E-state index in [2.05, 4.69) is 13.8 Å². The number of carbonyl (C=O) groups is 1. The summed E-state index contributed by atoms with van der Waals surface area (Å²) in [6, 6.07) is 0. The van der Waals surface area contributed by atoms with E-state index in [0.29, 0.717) is 5.78 Å². The average molecular weight is 399 g/mol. The van der Waals surface area contributed by atoms with E-state index in [1.807, 2.05) is 0 Å². The molecule has 0 aliphatic heterocycles. The van der Waals surface area contributed by atoms with Crippen molar-refractivity contribution in [2.75, 3.05) is 26.4 Å². The molecule has 0 amide bonds. The van der Waals surface area contributed by atoms with Gasteiger partial charge in [-0.05, 0) is 38.5 Å². The molecule has 0 aliphatic carbocycles. The van der Waals surface area contributed by atoms with Crippen molar-refractivity contribution < 1.29 is 14.3 Å². The van der Waals surface area contributed by atoms with Crippen LogP contribution in [-0.2, 0) is 14.3 Å². The minimum atomic E-state index is 0.480. The SMILES string of the molecule is CCCCOCCCCCCCCC(=O)CCCCCCCCOCCCC. The highest BCUT2D eigenvalue weighted by atomic mass is 16.5. The zero-order valence-electron chi connectivity index (χ0n) is 19.3. The Kier molecular flexibility index (Phi) is 24.3. The zero-order chi connectivity index (χ0) is 20.5. The van der Waals surface area contributed by atoms with Crippen molar-refractivity contribution in [3.05, 3.63) is 0 Å². The summed E-state index contributed by atoms with van der Waals surface area (Å²) >= 11 is 0. The van der Waals surface area contributed by atoms with Crippen LogP contribution in [0.1, 0.15) is 129 Å². The smallest absolute Gasteiger partial charge is 0.132 e. The maximum atomic E-state index is 11.9. The molecule has 0 aromatic heterocycles. The van der Waals surface area contributed by atoms with E-state index in [1.54, 1.807) is 0 Å². The second-order valence-electron chi connectivity index (χ2n) is 8.21. The summed E-state index contributed by atoms with van der Waals surface area (Å²) in [6.45, 7) is 8.08. The third kappa shape index (κ3) is 23.6. The van der Waals surface area contributed by atoms with Crippen LogP contribution >= 0.6 is 0 Å². The number of unbranched alkanes of at least 4 members (excludes halogenated alkanes) is 12. The molecule has 0 radical (unpaired) electrons. The normalized spacial score (nSPS) is 11.2. The molecule has 0 saturated carbocycles. The molecule has 3 heteroatoms. The fourth-order valence-electron chi connectivity index (χ4n) is 3.29. The van der Waals surface area contributed by atoms with Crippen LogP contribution in [0.4, 0.5) is 0 Å². The van der Waals surface area contributed by atoms with Gasteiger partial charge in [0.05, 0.1) is 0 Å². The van der Waals surface area contributed by atoms with Gasteiger partial charge in [-0.15, -0.1) is 0 Å². The van der Waals surface area contributed by atoms with Gasteiger partial charge in [-0.2, -0.15) is 0 Å². The lowest BCUT2D eigenvalue weighted by Gasteiger charge is -2.05. The summed E-state index contributed by atoms with van der Waals surface area (Å²) in [7, 11) is 0. The van der Waals surface area contributed by atoms with Gasteiger partial charge in [0.25, 0.3) is 0 Å². The van der Waals surface area contributed by atoms with Gasteiger partial charge in [-0.25, -0.2) is 0 Å². The second kappa shape index (κ2) is 24.6. The summed E-state index contributed by atoms with van der Waals surface area (Å²) in [5.74, 6) is 0.480. The van der Waals surface area contributed by atoms with Crippen LogP contribution in [0.3, 0.4) is 0 Å². The Hall–Kier alpha value is -0.410. The van der Waals surface area contributed by atoms with Crippen molar-refractivity contribution >= 4 is 5.78 Å². The fraction of sp³-hybridized carbons (Fsp3) is 0.960. The van der Waals surface area contributed by atoms with Crippen LogP contribution in [0.2, 0.25) is 0 Å². The quantitative estimate of drug-likeness (QED) is 0.157. The Labute approximate surface area is 176 Å². The van der Waals surface area contributed by atoms with Gasteiger partial charge >= 0.3 is 0 Å². The van der Waals surface area contributed by atoms with Crippen LogP contribution < -0.4 is 0 Å². The minimum absolute atomic E-state index is 0.480. The number of hydrogen-bond acceptors (Lipinski definition) is 3. The number of ketones is 1. The first-order chi connectivity index (χ1) is 13.8. The molecule has 0 fully saturated rings. The number of ether oxygens (including phenoxy) is 2. The Morgan fingerprint density at radius 3 is 1.18 bits per heavy atom. The molecule has 0 aliphatic rings. The first kappa shape index (κ1) is 27.6. The van der Waals surface area contributed by atoms with E-state index in [-0.39, 0.29) is 0 Å². The van der Waals surface area contributed by atoms with Crippen LogP contribution in [0, 0.1) is 0 Å². The molecule has 0 unspecified atom stereocenters. The van der Waals surface area contributed by atoms with E-state index in [1.165, 1.54) is 89.9 Å². The molecule has 28 heavy (non-hydrogen) atoms. The number of hydrogen-bond donors (Lipinski definition) is 0. The highest BCUT2D eigenvalue weighted by molar-refractivity contribution is 5.78. The Balaban J connectivity index is 3.13. The molecule has 0 rings (SSSR count). The molecule has 0 N–H and O–H groups in total. The standard InChI is InChI=1S/C25H50O3/c1-3-5-21-27-23-17-13-9-7-11-15-19-25(26)20-16-12-8-10-14-18-24-28-22-6-4-2/h3-24H2,1-2H3. The first-order valence-corrected chi connectivity index (χ1v) is 12.5. The van der Waals surface area contributed by atoms with Gasteiger partial charge in [0.1, 0.15) is 5.78 Å².